The number of hydrogen-bond acceptors (Lipinski definition) is 5. The van der Waals surface area contributed by atoms with Crippen molar-refractivity contribution >= 4 is 35.4 Å². The van der Waals surface area contributed by atoms with Crippen LogP contribution in [0.2, 0.25) is 10.0 Å². The first-order valence-electron chi connectivity index (χ1n) is 5.50. The SMILES string of the molecule is O=C(COc1ccc(Cl)cc1Cl)O/N=C/c1ccco1. The summed E-state index contributed by atoms with van der Waals surface area (Å²) < 4.78 is 10.1. The highest BCUT2D eigenvalue weighted by Gasteiger charge is 2.07. The van der Waals surface area contributed by atoms with Crippen molar-refractivity contribution in [2.45, 2.75) is 0 Å². The topological polar surface area (TPSA) is 61.0 Å². The molecule has 7 heteroatoms. The van der Waals surface area contributed by atoms with Gasteiger partial charge in [0.25, 0.3) is 0 Å². The zero-order valence-corrected chi connectivity index (χ0v) is 11.6. The summed E-state index contributed by atoms with van der Waals surface area (Å²) in [6.07, 6.45) is 2.75. The molecule has 0 N–H and O–H groups in total. The second kappa shape index (κ2) is 6.98. The smallest absolute Gasteiger partial charge is 0.372 e. The van der Waals surface area contributed by atoms with Crippen LogP contribution in [0.4, 0.5) is 0 Å². The molecule has 20 heavy (non-hydrogen) atoms. The van der Waals surface area contributed by atoms with E-state index in [1.807, 2.05) is 0 Å². The first-order chi connectivity index (χ1) is 9.65. The van der Waals surface area contributed by atoms with E-state index in [4.69, 9.17) is 32.4 Å². The Morgan fingerprint density at radius 3 is 2.90 bits per heavy atom. The largest absolute Gasteiger partial charge is 0.480 e. The molecule has 0 bridgehead atoms. The van der Waals surface area contributed by atoms with Crippen LogP contribution in [0.25, 0.3) is 0 Å². The molecule has 0 spiro atoms. The van der Waals surface area contributed by atoms with Crippen molar-refractivity contribution in [1.82, 2.24) is 0 Å². The van der Waals surface area contributed by atoms with Gasteiger partial charge in [-0.1, -0.05) is 28.4 Å². The van der Waals surface area contributed by atoms with Crippen molar-refractivity contribution in [3.63, 3.8) is 0 Å². The number of ether oxygens (including phenoxy) is 1. The molecule has 0 aliphatic heterocycles. The molecule has 0 atom stereocenters. The van der Waals surface area contributed by atoms with Crippen LogP contribution in [0.5, 0.6) is 5.75 Å². The minimum atomic E-state index is -0.668. The van der Waals surface area contributed by atoms with E-state index in [-0.39, 0.29) is 6.61 Å². The van der Waals surface area contributed by atoms with Crippen molar-refractivity contribution in [2.75, 3.05) is 6.61 Å². The Morgan fingerprint density at radius 2 is 2.20 bits per heavy atom. The Labute approximate surface area is 124 Å². The molecule has 1 aromatic heterocycles. The number of oxime groups is 1. The van der Waals surface area contributed by atoms with Gasteiger partial charge in [-0.25, -0.2) is 4.79 Å². The van der Waals surface area contributed by atoms with Gasteiger partial charge in [0.15, 0.2) is 6.61 Å². The van der Waals surface area contributed by atoms with Gasteiger partial charge in [-0.2, -0.15) is 0 Å². The monoisotopic (exact) mass is 313 g/mol. The summed E-state index contributed by atoms with van der Waals surface area (Å²) in [5.41, 5.74) is 0. The number of hydrogen-bond donors (Lipinski definition) is 0. The predicted molar refractivity (Wildman–Crippen MR) is 74.4 cm³/mol. The minimum absolute atomic E-state index is 0.310. The highest BCUT2D eigenvalue weighted by Crippen LogP contribution is 2.27. The predicted octanol–water partition coefficient (Wildman–Crippen LogP) is 3.54. The normalized spacial score (nSPS) is 10.7. The molecular weight excluding hydrogens is 305 g/mol. The van der Waals surface area contributed by atoms with Gasteiger partial charge >= 0.3 is 5.97 Å². The van der Waals surface area contributed by atoms with Crippen molar-refractivity contribution in [2.24, 2.45) is 5.16 Å². The molecule has 0 aliphatic rings. The molecule has 0 fully saturated rings. The van der Waals surface area contributed by atoms with Crippen LogP contribution in [-0.4, -0.2) is 18.8 Å². The van der Waals surface area contributed by atoms with Crippen LogP contribution in [0, 0.1) is 0 Å². The van der Waals surface area contributed by atoms with Gasteiger partial charge < -0.3 is 14.0 Å². The summed E-state index contributed by atoms with van der Waals surface area (Å²) in [5, 5.41) is 4.25. The molecule has 2 rings (SSSR count). The average Bonchev–Trinajstić information content (AvgIpc) is 2.91. The lowest BCUT2D eigenvalue weighted by molar-refractivity contribution is -0.145. The van der Waals surface area contributed by atoms with Crippen LogP contribution in [0.1, 0.15) is 5.76 Å². The first-order valence-corrected chi connectivity index (χ1v) is 6.25. The fraction of sp³-hybridized carbons (Fsp3) is 0.0769. The zero-order valence-electron chi connectivity index (χ0n) is 10.1. The van der Waals surface area contributed by atoms with E-state index in [0.29, 0.717) is 21.6 Å². The van der Waals surface area contributed by atoms with Crippen LogP contribution in [0.3, 0.4) is 0 Å². The zero-order chi connectivity index (χ0) is 14.4. The van der Waals surface area contributed by atoms with Crippen molar-refractivity contribution < 1.29 is 18.8 Å². The Morgan fingerprint density at radius 1 is 1.35 bits per heavy atom. The lowest BCUT2D eigenvalue weighted by atomic mass is 10.3. The Hall–Kier alpha value is -1.98. The molecule has 1 aromatic carbocycles. The van der Waals surface area contributed by atoms with Crippen LogP contribution >= 0.6 is 23.2 Å². The van der Waals surface area contributed by atoms with E-state index in [1.54, 1.807) is 24.3 Å². The van der Waals surface area contributed by atoms with E-state index < -0.39 is 5.97 Å². The second-order valence-corrected chi connectivity index (χ2v) is 4.42. The number of furan rings is 1. The summed E-state index contributed by atoms with van der Waals surface area (Å²) in [5.74, 6) is 0.140. The van der Waals surface area contributed by atoms with E-state index >= 15 is 0 Å². The Bertz CT molecular complexity index is 611. The molecule has 104 valence electrons. The number of nitrogens with zero attached hydrogens (tertiary/aromatic N) is 1. The Kier molecular flexibility index (Phi) is 5.03. The number of carbonyl (C=O) groups is 1. The molecule has 0 radical (unpaired) electrons. The van der Waals surface area contributed by atoms with E-state index in [9.17, 15) is 4.79 Å². The number of rotatable bonds is 5. The third-order valence-corrected chi connectivity index (χ3v) is 2.65. The second-order valence-electron chi connectivity index (χ2n) is 3.58. The summed E-state index contributed by atoms with van der Waals surface area (Å²) in [6.45, 7) is -0.323. The minimum Gasteiger partial charge on any atom is -0.480 e. The van der Waals surface area contributed by atoms with Gasteiger partial charge in [-0.3, -0.25) is 0 Å². The maximum Gasteiger partial charge on any atom is 0.372 e. The van der Waals surface area contributed by atoms with Crippen molar-refractivity contribution in [3.8, 4) is 5.75 Å². The highest BCUT2D eigenvalue weighted by atomic mass is 35.5. The van der Waals surface area contributed by atoms with Gasteiger partial charge in [0, 0.05) is 5.02 Å². The quantitative estimate of drug-likeness (QED) is 0.481. The fourth-order valence-electron chi connectivity index (χ4n) is 1.26. The van der Waals surface area contributed by atoms with Crippen molar-refractivity contribution in [1.29, 1.82) is 0 Å². The maximum absolute atomic E-state index is 11.4. The summed E-state index contributed by atoms with van der Waals surface area (Å²) in [6, 6.07) is 8.03. The molecule has 0 amide bonds. The molecule has 0 saturated heterocycles. The van der Waals surface area contributed by atoms with Crippen LogP contribution in [0.15, 0.2) is 46.2 Å². The van der Waals surface area contributed by atoms with Gasteiger partial charge in [0.1, 0.15) is 17.7 Å². The molecule has 1 heterocycles. The van der Waals surface area contributed by atoms with Gasteiger partial charge in [0.05, 0.1) is 11.3 Å². The highest BCUT2D eigenvalue weighted by molar-refractivity contribution is 6.35. The van der Waals surface area contributed by atoms with Gasteiger partial charge in [0.2, 0.25) is 0 Å². The van der Waals surface area contributed by atoms with Crippen molar-refractivity contribution in [3.05, 3.63) is 52.4 Å². The summed E-state index contributed by atoms with van der Waals surface area (Å²) in [4.78, 5) is 15.9. The maximum atomic E-state index is 11.4. The van der Waals surface area contributed by atoms with E-state index in [2.05, 4.69) is 9.99 Å². The standard InChI is InChI=1S/C13H9Cl2NO4/c14-9-3-4-12(11(15)6-9)19-8-13(17)20-16-7-10-2-1-5-18-10/h1-7H,8H2/b16-7+. The fourth-order valence-corrected chi connectivity index (χ4v) is 1.72. The molecule has 0 unspecified atom stereocenters. The molecule has 0 aliphatic carbocycles. The van der Waals surface area contributed by atoms with Crippen LogP contribution in [-0.2, 0) is 9.63 Å². The first kappa shape index (κ1) is 14.4. The van der Waals surface area contributed by atoms with E-state index in [0.717, 1.165) is 0 Å². The third-order valence-electron chi connectivity index (χ3n) is 2.12. The number of benzene rings is 1. The van der Waals surface area contributed by atoms with Gasteiger partial charge in [-0.05, 0) is 30.3 Å². The Balaban J connectivity index is 1.80. The molecular formula is C13H9Cl2NO4. The van der Waals surface area contributed by atoms with Crippen LogP contribution < -0.4 is 4.74 Å². The third kappa shape index (κ3) is 4.29. The number of halogens is 2. The lowest BCUT2D eigenvalue weighted by Crippen LogP contribution is -2.12. The summed E-state index contributed by atoms with van der Waals surface area (Å²) >= 11 is 11.6. The molecule has 2 aromatic rings. The molecule has 5 nitrogen and oxygen atoms in total. The van der Waals surface area contributed by atoms with E-state index in [1.165, 1.54) is 18.5 Å². The average molecular weight is 314 g/mol. The lowest BCUT2D eigenvalue weighted by Gasteiger charge is -2.05. The number of carbonyl (C=O) groups excluding carboxylic acids is 1. The summed E-state index contributed by atoms with van der Waals surface area (Å²) in [7, 11) is 0. The molecule has 0 saturated carbocycles. The van der Waals surface area contributed by atoms with Gasteiger partial charge in [-0.15, -0.1) is 0 Å².